The van der Waals surface area contributed by atoms with Crippen LogP contribution in [0.2, 0.25) is 0 Å². The molecule has 1 aliphatic heterocycles. The van der Waals surface area contributed by atoms with E-state index in [1.54, 1.807) is 0 Å². The van der Waals surface area contributed by atoms with Gasteiger partial charge in [0.1, 0.15) is 0 Å². The first-order chi connectivity index (χ1) is 6.77. The second kappa shape index (κ2) is 4.60. The fourth-order valence-electron chi connectivity index (χ4n) is 2.23. The van der Waals surface area contributed by atoms with Crippen LogP contribution >= 0.6 is 0 Å². The summed E-state index contributed by atoms with van der Waals surface area (Å²) in [5, 5.41) is 3.62. The molecule has 1 saturated carbocycles. The lowest BCUT2D eigenvalue weighted by molar-refractivity contribution is 0.185. The van der Waals surface area contributed by atoms with Crippen molar-refractivity contribution in [3.8, 4) is 0 Å². The Morgan fingerprint density at radius 2 is 2.14 bits per heavy atom. The Bertz CT molecular complexity index is 172. The number of likely N-dealkylation sites (N-methyl/N-ethyl adjacent to an activating group) is 1. The SMILES string of the molecule is CN(C)C(CNC1CCOC1)C1CC1. The molecule has 1 heterocycles. The van der Waals surface area contributed by atoms with Crippen LogP contribution < -0.4 is 5.32 Å². The van der Waals surface area contributed by atoms with Gasteiger partial charge in [0.25, 0.3) is 0 Å². The summed E-state index contributed by atoms with van der Waals surface area (Å²) in [7, 11) is 4.38. The van der Waals surface area contributed by atoms with Gasteiger partial charge >= 0.3 is 0 Å². The molecule has 0 aromatic rings. The summed E-state index contributed by atoms with van der Waals surface area (Å²) in [5.74, 6) is 0.944. The summed E-state index contributed by atoms with van der Waals surface area (Å²) in [5.41, 5.74) is 0. The van der Waals surface area contributed by atoms with Gasteiger partial charge in [0.15, 0.2) is 0 Å². The maximum atomic E-state index is 5.35. The average molecular weight is 198 g/mol. The van der Waals surface area contributed by atoms with Crippen molar-refractivity contribution in [3.63, 3.8) is 0 Å². The van der Waals surface area contributed by atoms with Crippen molar-refractivity contribution in [2.75, 3.05) is 33.9 Å². The molecule has 2 rings (SSSR count). The van der Waals surface area contributed by atoms with Gasteiger partial charge in [0.2, 0.25) is 0 Å². The Labute approximate surface area is 86.8 Å². The van der Waals surface area contributed by atoms with E-state index in [-0.39, 0.29) is 0 Å². The lowest BCUT2D eigenvalue weighted by Crippen LogP contribution is -2.43. The van der Waals surface area contributed by atoms with Crippen LogP contribution in [-0.2, 0) is 4.74 Å². The second-order valence-corrected chi connectivity index (χ2v) is 4.84. The molecule has 0 radical (unpaired) electrons. The lowest BCUT2D eigenvalue weighted by atomic mass is 10.1. The van der Waals surface area contributed by atoms with E-state index in [9.17, 15) is 0 Å². The summed E-state index contributed by atoms with van der Waals surface area (Å²) < 4.78 is 5.35. The molecule has 2 aliphatic rings. The van der Waals surface area contributed by atoms with Crippen molar-refractivity contribution < 1.29 is 4.74 Å². The van der Waals surface area contributed by atoms with E-state index in [2.05, 4.69) is 24.3 Å². The summed E-state index contributed by atoms with van der Waals surface area (Å²) in [4.78, 5) is 2.36. The van der Waals surface area contributed by atoms with Gasteiger partial charge in [-0.3, -0.25) is 0 Å². The Kier molecular flexibility index (Phi) is 3.42. The normalized spacial score (nSPS) is 29.8. The van der Waals surface area contributed by atoms with Gasteiger partial charge in [-0.25, -0.2) is 0 Å². The van der Waals surface area contributed by atoms with Gasteiger partial charge in [-0.15, -0.1) is 0 Å². The molecule has 82 valence electrons. The Hall–Kier alpha value is -0.120. The van der Waals surface area contributed by atoms with Crippen LogP contribution in [0.3, 0.4) is 0 Å². The molecule has 0 bridgehead atoms. The molecule has 2 fully saturated rings. The topological polar surface area (TPSA) is 24.5 Å². The minimum Gasteiger partial charge on any atom is -0.380 e. The van der Waals surface area contributed by atoms with Crippen LogP contribution in [0.1, 0.15) is 19.3 Å². The van der Waals surface area contributed by atoms with Gasteiger partial charge in [-0.1, -0.05) is 0 Å². The van der Waals surface area contributed by atoms with Crippen molar-refractivity contribution in [2.45, 2.75) is 31.3 Å². The van der Waals surface area contributed by atoms with E-state index >= 15 is 0 Å². The summed E-state index contributed by atoms with van der Waals surface area (Å²) >= 11 is 0. The zero-order chi connectivity index (χ0) is 9.97. The van der Waals surface area contributed by atoms with Crippen LogP contribution in [0, 0.1) is 5.92 Å². The van der Waals surface area contributed by atoms with E-state index in [1.807, 2.05) is 0 Å². The third-order valence-corrected chi connectivity index (χ3v) is 3.37. The van der Waals surface area contributed by atoms with Crippen LogP contribution in [0.5, 0.6) is 0 Å². The van der Waals surface area contributed by atoms with Crippen molar-refractivity contribution in [1.29, 1.82) is 0 Å². The Balaban J connectivity index is 1.70. The highest BCUT2D eigenvalue weighted by molar-refractivity contribution is 4.88. The summed E-state index contributed by atoms with van der Waals surface area (Å²) in [6.45, 7) is 2.98. The zero-order valence-electron chi connectivity index (χ0n) is 9.33. The number of rotatable bonds is 5. The van der Waals surface area contributed by atoms with E-state index < -0.39 is 0 Å². The Morgan fingerprint density at radius 1 is 1.36 bits per heavy atom. The number of nitrogens with one attached hydrogen (secondary N) is 1. The highest BCUT2D eigenvalue weighted by atomic mass is 16.5. The minimum atomic E-state index is 0.608. The molecule has 0 amide bonds. The molecule has 1 saturated heterocycles. The fraction of sp³-hybridized carbons (Fsp3) is 1.00. The molecular weight excluding hydrogens is 176 g/mol. The van der Waals surface area contributed by atoms with Gasteiger partial charge in [-0.05, 0) is 39.3 Å². The molecule has 3 nitrogen and oxygen atoms in total. The molecule has 0 spiro atoms. The van der Waals surface area contributed by atoms with Gasteiger partial charge < -0.3 is 15.0 Å². The first-order valence-corrected chi connectivity index (χ1v) is 5.75. The van der Waals surface area contributed by atoms with Crippen molar-refractivity contribution in [2.24, 2.45) is 5.92 Å². The number of nitrogens with zero attached hydrogens (tertiary/aromatic N) is 1. The smallest absolute Gasteiger partial charge is 0.0620 e. The molecule has 1 aliphatic carbocycles. The van der Waals surface area contributed by atoms with Crippen LogP contribution in [0.4, 0.5) is 0 Å². The van der Waals surface area contributed by atoms with Crippen molar-refractivity contribution in [1.82, 2.24) is 10.2 Å². The molecule has 0 aromatic heterocycles. The van der Waals surface area contributed by atoms with Gasteiger partial charge in [0, 0.05) is 25.2 Å². The number of hydrogen-bond donors (Lipinski definition) is 1. The second-order valence-electron chi connectivity index (χ2n) is 4.84. The van der Waals surface area contributed by atoms with Crippen LogP contribution in [0.25, 0.3) is 0 Å². The number of hydrogen-bond acceptors (Lipinski definition) is 3. The molecule has 3 heteroatoms. The van der Waals surface area contributed by atoms with Crippen LogP contribution in [0.15, 0.2) is 0 Å². The molecular formula is C11H22N2O. The molecule has 14 heavy (non-hydrogen) atoms. The maximum Gasteiger partial charge on any atom is 0.0620 e. The average Bonchev–Trinajstić information content (AvgIpc) is 2.82. The summed E-state index contributed by atoms with van der Waals surface area (Å²) in [6.07, 6.45) is 4.03. The van der Waals surface area contributed by atoms with E-state index in [4.69, 9.17) is 4.74 Å². The first kappa shape index (κ1) is 10.4. The van der Waals surface area contributed by atoms with Crippen molar-refractivity contribution in [3.05, 3.63) is 0 Å². The standard InChI is InChI=1S/C11H22N2O/c1-13(2)11(9-3-4-9)7-12-10-5-6-14-8-10/h9-12H,3-8H2,1-2H3. The van der Waals surface area contributed by atoms with Crippen LogP contribution in [-0.4, -0.2) is 50.8 Å². The molecule has 2 unspecified atom stereocenters. The highest BCUT2D eigenvalue weighted by Gasteiger charge is 2.32. The summed E-state index contributed by atoms with van der Waals surface area (Å²) in [6, 6.07) is 1.34. The quantitative estimate of drug-likeness (QED) is 0.704. The predicted octanol–water partition coefficient (Wildman–Crippen LogP) is 0.705. The first-order valence-electron chi connectivity index (χ1n) is 5.75. The van der Waals surface area contributed by atoms with E-state index in [1.165, 1.54) is 19.3 Å². The van der Waals surface area contributed by atoms with E-state index in [0.29, 0.717) is 6.04 Å². The number of ether oxygens (including phenoxy) is 1. The Morgan fingerprint density at radius 3 is 2.64 bits per heavy atom. The lowest BCUT2D eigenvalue weighted by Gasteiger charge is -2.25. The third kappa shape index (κ3) is 2.69. The predicted molar refractivity (Wildman–Crippen MR) is 57.4 cm³/mol. The van der Waals surface area contributed by atoms with Gasteiger partial charge in [0.05, 0.1) is 6.61 Å². The molecule has 1 N–H and O–H groups in total. The van der Waals surface area contributed by atoms with E-state index in [0.717, 1.165) is 31.7 Å². The third-order valence-electron chi connectivity index (χ3n) is 3.37. The molecule has 0 aromatic carbocycles. The van der Waals surface area contributed by atoms with Crippen molar-refractivity contribution >= 4 is 0 Å². The largest absolute Gasteiger partial charge is 0.380 e. The fourth-order valence-corrected chi connectivity index (χ4v) is 2.23. The monoisotopic (exact) mass is 198 g/mol. The minimum absolute atomic E-state index is 0.608. The zero-order valence-corrected chi connectivity index (χ0v) is 9.33. The highest BCUT2D eigenvalue weighted by Crippen LogP contribution is 2.34. The maximum absolute atomic E-state index is 5.35. The molecule has 2 atom stereocenters. The van der Waals surface area contributed by atoms with Gasteiger partial charge in [-0.2, -0.15) is 0 Å².